The van der Waals surface area contributed by atoms with Crippen LogP contribution in [0.4, 0.5) is 11.4 Å². The lowest BCUT2D eigenvalue weighted by atomic mass is 10.2. The molecule has 0 bridgehead atoms. The number of amides is 2. The summed E-state index contributed by atoms with van der Waals surface area (Å²) in [4.78, 5) is 25.0. The van der Waals surface area contributed by atoms with Crippen molar-refractivity contribution in [3.8, 4) is 0 Å². The van der Waals surface area contributed by atoms with Crippen LogP contribution >= 0.6 is 0 Å². The third kappa shape index (κ3) is 2.76. The molecule has 0 radical (unpaired) electrons. The maximum atomic E-state index is 11.7. The number of carbonyl (C=O) groups is 2. The van der Waals surface area contributed by atoms with Gasteiger partial charge in [0.25, 0.3) is 5.91 Å². The van der Waals surface area contributed by atoms with Crippen LogP contribution in [0.2, 0.25) is 0 Å². The standard InChI is InChI=1S/C14H16N2O3/c17-13-9-19-8-7-16(13)12-5-3-11(4-6-12)15-14(18)10-1-2-10/h3-6,10H,1-2,7-9H2,(H,15,18). The molecule has 19 heavy (non-hydrogen) atoms. The summed E-state index contributed by atoms with van der Waals surface area (Å²) in [5, 5.41) is 2.88. The van der Waals surface area contributed by atoms with E-state index in [4.69, 9.17) is 4.74 Å². The van der Waals surface area contributed by atoms with E-state index >= 15 is 0 Å². The third-order valence-corrected chi connectivity index (χ3v) is 3.38. The van der Waals surface area contributed by atoms with Gasteiger partial charge in [-0.1, -0.05) is 0 Å². The fraction of sp³-hybridized carbons (Fsp3) is 0.429. The number of morpholine rings is 1. The number of ether oxygens (including phenoxy) is 1. The summed E-state index contributed by atoms with van der Waals surface area (Å²) >= 11 is 0. The van der Waals surface area contributed by atoms with Gasteiger partial charge in [0.2, 0.25) is 5.91 Å². The Morgan fingerprint density at radius 3 is 2.63 bits per heavy atom. The first-order chi connectivity index (χ1) is 9.24. The summed E-state index contributed by atoms with van der Waals surface area (Å²) in [6, 6.07) is 7.37. The van der Waals surface area contributed by atoms with Gasteiger partial charge in [0, 0.05) is 23.8 Å². The maximum Gasteiger partial charge on any atom is 0.253 e. The molecule has 5 heteroatoms. The highest BCUT2D eigenvalue weighted by molar-refractivity contribution is 5.96. The van der Waals surface area contributed by atoms with E-state index in [1.54, 1.807) is 4.90 Å². The Balaban J connectivity index is 1.67. The Bertz CT molecular complexity index is 494. The van der Waals surface area contributed by atoms with Crippen LogP contribution in [-0.4, -0.2) is 31.6 Å². The predicted molar refractivity (Wildman–Crippen MR) is 71.0 cm³/mol. The van der Waals surface area contributed by atoms with Gasteiger partial charge in [0.15, 0.2) is 0 Å². The first-order valence-corrected chi connectivity index (χ1v) is 6.53. The van der Waals surface area contributed by atoms with Gasteiger partial charge in [-0.3, -0.25) is 9.59 Å². The van der Waals surface area contributed by atoms with E-state index in [0.29, 0.717) is 13.2 Å². The zero-order chi connectivity index (χ0) is 13.2. The number of anilines is 2. The molecule has 1 heterocycles. The monoisotopic (exact) mass is 260 g/mol. The second kappa shape index (κ2) is 5.01. The van der Waals surface area contributed by atoms with Gasteiger partial charge in [-0.15, -0.1) is 0 Å². The van der Waals surface area contributed by atoms with Crippen LogP contribution < -0.4 is 10.2 Å². The number of carbonyl (C=O) groups excluding carboxylic acids is 2. The molecule has 2 amide bonds. The average molecular weight is 260 g/mol. The van der Waals surface area contributed by atoms with Crippen molar-refractivity contribution in [2.75, 3.05) is 30.0 Å². The molecule has 1 saturated carbocycles. The van der Waals surface area contributed by atoms with Crippen molar-refractivity contribution in [1.29, 1.82) is 0 Å². The molecular formula is C14H16N2O3. The smallest absolute Gasteiger partial charge is 0.253 e. The number of benzene rings is 1. The molecule has 1 saturated heterocycles. The number of hydrogen-bond donors (Lipinski definition) is 1. The number of nitrogens with one attached hydrogen (secondary N) is 1. The van der Waals surface area contributed by atoms with Gasteiger partial charge in [0.1, 0.15) is 6.61 Å². The van der Waals surface area contributed by atoms with Gasteiger partial charge in [-0.2, -0.15) is 0 Å². The zero-order valence-electron chi connectivity index (χ0n) is 10.6. The van der Waals surface area contributed by atoms with E-state index in [0.717, 1.165) is 24.2 Å². The summed E-state index contributed by atoms with van der Waals surface area (Å²) < 4.78 is 5.09. The number of hydrogen-bond acceptors (Lipinski definition) is 3. The van der Waals surface area contributed by atoms with Crippen molar-refractivity contribution in [2.45, 2.75) is 12.8 Å². The molecule has 0 aromatic heterocycles. The lowest BCUT2D eigenvalue weighted by Crippen LogP contribution is -2.41. The second-order valence-corrected chi connectivity index (χ2v) is 4.91. The minimum absolute atomic E-state index is 0.0268. The van der Waals surface area contributed by atoms with Crippen molar-refractivity contribution in [2.24, 2.45) is 5.92 Å². The van der Waals surface area contributed by atoms with Crippen LogP contribution in [0, 0.1) is 5.92 Å². The molecule has 2 aliphatic rings. The van der Waals surface area contributed by atoms with Gasteiger partial charge in [-0.05, 0) is 37.1 Å². The average Bonchev–Trinajstić information content (AvgIpc) is 3.25. The second-order valence-electron chi connectivity index (χ2n) is 4.91. The highest BCUT2D eigenvalue weighted by Gasteiger charge is 2.29. The molecule has 5 nitrogen and oxygen atoms in total. The lowest BCUT2D eigenvalue weighted by molar-refractivity contribution is -0.125. The Hall–Kier alpha value is -1.88. The van der Waals surface area contributed by atoms with Crippen LogP contribution in [0.1, 0.15) is 12.8 Å². The van der Waals surface area contributed by atoms with Gasteiger partial charge in [-0.25, -0.2) is 0 Å². The van der Waals surface area contributed by atoms with Crippen molar-refractivity contribution in [3.63, 3.8) is 0 Å². The van der Waals surface area contributed by atoms with Crippen LogP contribution in [0.25, 0.3) is 0 Å². The first kappa shape index (κ1) is 12.2. The summed E-state index contributed by atoms with van der Waals surface area (Å²) in [5.74, 6) is 0.261. The van der Waals surface area contributed by atoms with Crippen LogP contribution in [0.3, 0.4) is 0 Å². The molecule has 2 fully saturated rings. The van der Waals surface area contributed by atoms with E-state index in [-0.39, 0.29) is 24.3 Å². The highest BCUT2D eigenvalue weighted by Crippen LogP contribution is 2.30. The summed E-state index contributed by atoms with van der Waals surface area (Å²) in [7, 11) is 0. The fourth-order valence-electron chi connectivity index (χ4n) is 2.11. The van der Waals surface area contributed by atoms with Gasteiger partial charge in [0.05, 0.1) is 6.61 Å². The van der Waals surface area contributed by atoms with E-state index in [1.807, 2.05) is 24.3 Å². The molecule has 1 aromatic rings. The van der Waals surface area contributed by atoms with Crippen LogP contribution in [-0.2, 0) is 14.3 Å². The van der Waals surface area contributed by atoms with Gasteiger partial charge >= 0.3 is 0 Å². The zero-order valence-corrected chi connectivity index (χ0v) is 10.6. The molecule has 1 aliphatic heterocycles. The van der Waals surface area contributed by atoms with Crippen molar-refractivity contribution in [3.05, 3.63) is 24.3 Å². The summed E-state index contributed by atoms with van der Waals surface area (Å²) in [5.41, 5.74) is 1.62. The number of nitrogens with zero attached hydrogens (tertiary/aromatic N) is 1. The van der Waals surface area contributed by atoms with E-state index < -0.39 is 0 Å². The molecular weight excluding hydrogens is 244 g/mol. The fourth-order valence-corrected chi connectivity index (χ4v) is 2.11. The molecule has 0 unspecified atom stereocenters. The number of rotatable bonds is 3. The quantitative estimate of drug-likeness (QED) is 0.893. The van der Waals surface area contributed by atoms with Crippen LogP contribution in [0.15, 0.2) is 24.3 Å². The van der Waals surface area contributed by atoms with E-state index in [1.165, 1.54) is 0 Å². The van der Waals surface area contributed by atoms with E-state index in [9.17, 15) is 9.59 Å². The summed E-state index contributed by atoms with van der Waals surface area (Å²) in [6.07, 6.45) is 1.98. The van der Waals surface area contributed by atoms with Gasteiger partial charge < -0.3 is 15.0 Å². The predicted octanol–water partition coefficient (Wildman–Crippen LogP) is 1.40. The third-order valence-electron chi connectivity index (χ3n) is 3.38. The first-order valence-electron chi connectivity index (χ1n) is 6.53. The topological polar surface area (TPSA) is 58.6 Å². The molecule has 1 N–H and O–H groups in total. The molecule has 0 spiro atoms. The molecule has 1 aliphatic carbocycles. The maximum absolute atomic E-state index is 11.7. The van der Waals surface area contributed by atoms with Crippen molar-refractivity contribution in [1.82, 2.24) is 0 Å². The largest absolute Gasteiger partial charge is 0.370 e. The molecule has 3 rings (SSSR count). The minimum atomic E-state index is -0.0268. The molecule has 1 aromatic carbocycles. The Kier molecular flexibility index (Phi) is 3.21. The van der Waals surface area contributed by atoms with Crippen LogP contribution in [0.5, 0.6) is 0 Å². The Morgan fingerprint density at radius 1 is 1.26 bits per heavy atom. The lowest BCUT2D eigenvalue weighted by Gasteiger charge is -2.26. The normalized spacial score (nSPS) is 19.4. The van der Waals surface area contributed by atoms with E-state index in [2.05, 4.69) is 5.32 Å². The Morgan fingerprint density at radius 2 is 2.00 bits per heavy atom. The van der Waals surface area contributed by atoms with Crippen molar-refractivity contribution >= 4 is 23.2 Å². The van der Waals surface area contributed by atoms with Crippen molar-refractivity contribution < 1.29 is 14.3 Å². The molecule has 0 atom stereocenters. The highest BCUT2D eigenvalue weighted by atomic mass is 16.5. The minimum Gasteiger partial charge on any atom is -0.370 e. The molecule has 100 valence electrons. The SMILES string of the molecule is O=C(Nc1ccc(N2CCOCC2=O)cc1)C1CC1. The summed E-state index contributed by atoms with van der Waals surface area (Å²) in [6.45, 7) is 1.28. The Labute approximate surface area is 111 Å².